The Kier molecular flexibility index (Phi) is 8.83. The Morgan fingerprint density at radius 1 is 1.04 bits per heavy atom. The Balaban J connectivity index is 2.78. The van der Waals surface area contributed by atoms with Crippen LogP contribution in [0.2, 0.25) is 0 Å². The quantitative estimate of drug-likeness (QED) is 0.488. The summed E-state index contributed by atoms with van der Waals surface area (Å²) in [6, 6.07) is 5.74. The van der Waals surface area contributed by atoms with E-state index in [1.54, 1.807) is 24.3 Å². The summed E-state index contributed by atoms with van der Waals surface area (Å²) in [5.41, 5.74) is 1.11. The van der Waals surface area contributed by atoms with Gasteiger partial charge in [0, 0.05) is 25.1 Å². The highest BCUT2D eigenvalue weighted by Gasteiger charge is 2.20. The van der Waals surface area contributed by atoms with Gasteiger partial charge in [-0.05, 0) is 30.5 Å². The van der Waals surface area contributed by atoms with Gasteiger partial charge >= 0.3 is 11.9 Å². The lowest BCUT2D eigenvalue weighted by molar-refractivity contribution is -0.147. The molecule has 0 fully saturated rings. The number of amides is 3. The summed E-state index contributed by atoms with van der Waals surface area (Å²) in [4.78, 5) is 45.8. The molecule has 26 heavy (non-hydrogen) atoms. The van der Waals surface area contributed by atoms with Crippen LogP contribution in [0.3, 0.4) is 0 Å². The molecule has 0 heterocycles. The van der Waals surface area contributed by atoms with E-state index >= 15 is 0 Å². The Morgan fingerprint density at radius 2 is 1.69 bits per heavy atom. The number of nitrogens with one attached hydrogen (secondary N) is 3. The predicted octanol–water partition coefficient (Wildman–Crippen LogP) is 1.06. The van der Waals surface area contributed by atoms with Crippen molar-refractivity contribution in [2.45, 2.75) is 45.6 Å². The van der Waals surface area contributed by atoms with Gasteiger partial charge in [0.05, 0.1) is 0 Å². The van der Waals surface area contributed by atoms with Gasteiger partial charge in [-0.1, -0.05) is 26.0 Å². The molecule has 0 aliphatic rings. The van der Waals surface area contributed by atoms with Crippen LogP contribution in [0, 0.1) is 0 Å². The van der Waals surface area contributed by atoms with Gasteiger partial charge < -0.3 is 21.1 Å². The average molecular weight is 363 g/mol. The van der Waals surface area contributed by atoms with Crippen LogP contribution in [0.1, 0.15) is 38.7 Å². The van der Waals surface area contributed by atoms with Gasteiger partial charge in [0.25, 0.3) is 0 Å². The van der Waals surface area contributed by atoms with Crippen LogP contribution in [0.5, 0.6) is 0 Å². The third-order valence-corrected chi connectivity index (χ3v) is 3.52. The highest BCUT2D eigenvalue weighted by Crippen LogP contribution is 2.12. The molecule has 4 N–H and O–H groups in total. The number of carboxylic acid groups (broad SMARTS) is 1. The summed E-state index contributed by atoms with van der Waals surface area (Å²) < 4.78 is 0. The molecular formula is C18H25N3O5. The minimum absolute atomic E-state index is 0.186. The SMILES string of the molecule is CCCNC(=O)C(Cc1ccc(NC(=O)C(=O)O)cc1)NC(=O)CCC. The average Bonchev–Trinajstić information content (AvgIpc) is 2.60. The molecule has 0 aliphatic heterocycles. The van der Waals surface area contributed by atoms with Crippen LogP contribution >= 0.6 is 0 Å². The third-order valence-electron chi connectivity index (χ3n) is 3.52. The molecule has 0 spiro atoms. The number of carbonyl (C=O) groups is 4. The van der Waals surface area contributed by atoms with Crippen LogP contribution in [-0.4, -0.2) is 41.4 Å². The van der Waals surface area contributed by atoms with E-state index in [4.69, 9.17) is 5.11 Å². The number of rotatable bonds is 9. The van der Waals surface area contributed by atoms with E-state index in [1.807, 2.05) is 13.8 Å². The molecule has 1 rings (SSSR count). The van der Waals surface area contributed by atoms with Crippen molar-refractivity contribution in [2.75, 3.05) is 11.9 Å². The van der Waals surface area contributed by atoms with E-state index in [1.165, 1.54) is 0 Å². The summed E-state index contributed by atoms with van der Waals surface area (Å²) in [6.45, 7) is 4.35. The normalized spacial score (nSPS) is 11.3. The van der Waals surface area contributed by atoms with E-state index in [9.17, 15) is 19.2 Å². The number of carboxylic acids is 1. The summed E-state index contributed by atoms with van der Waals surface area (Å²) in [6.07, 6.45) is 2.11. The summed E-state index contributed by atoms with van der Waals surface area (Å²) in [5, 5.41) is 16.3. The fourth-order valence-electron chi connectivity index (χ4n) is 2.22. The second kappa shape index (κ2) is 10.9. The van der Waals surface area contributed by atoms with Crippen LogP contribution in [0.15, 0.2) is 24.3 Å². The molecule has 0 saturated heterocycles. The number of anilines is 1. The van der Waals surface area contributed by atoms with Crippen molar-refractivity contribution in [3.05, 3.63) is 29.8 Å². The van der Waals surface area contributed by atoms with Crippen LogP contribution in [0.4, 0.5) is 5.69 Å². The Labute approximate surface area is 152 Å². The molecule has 0 saturated carbocycles. The third kappa shape index (κ3) is 7.33. The number of carbonyl (C=O) groups excluding carboxylic acids is 3. The van der Waals surface area contributed by atoms with E-state index in [0.29, 0.717) is 25.1 Å². The van der Waals surface area contributed by atoms with Gasteiger partial charge in [0.1, 0.15) is 6.04 Å². The number of hydrogen-bond donors (Lipinski definition) is 4. The molecule has 1 unspecified atom stereocenters. The predicted molar refractivity (Wildman–Crippen MR) is 96.6 cm³/mol. The molecule has 8 heteroatoms. The first-order valence-corrected chi connectivity index (χ1v) is 8.57. The molecule has 8 nitrogen and oxygen atoms in total. The molecule has 0 radical (unpaired) electrons. The van der Waals surface area contributed by atoms with Crippen LogP contribution in [-0.2, 0) is 25.6 Å². The lowest BCUT2D eigenvalue weighted by Crippen LogP contribution is -2.48. The second-order valence-electron chi connectivity index (χ2n) is 5.82. The minimum atomic E-state index is -1.57. The lowest BCUT2D eigenvalue weighted by atomic mass is 10.0. The standard InChI is InChI=1S/C18H25N3O5/c1-3-5-15(22)21-14(16(23)19-10-4-2)11-12-6-8-13(9-7-12)20-17(24)18(25)26/h6-9,14H,3-5,10-11H2,1-2H3,(H,19,23)(H,20,24)(H,21,22)(H,25,26). The Morgan fingerprint density at radius 3 is 2.23 bits per heavy atom. The first kappa shape index (κ1) is 21.1. The number of aliphatic carboxylic acids is 1. The zero-order chi connectivity index (χ0) is 19.5. The first-order chi connectivity index (χ1) is 12.4. The maximum absolute atomic E-state index is 12.3. The topological polar surface area (TPSA) is 125 Å². The van der Waals surface area contributed by atoms with Crippen molar-refractivity contribution < 1.29 is 24.3 Å². The zero-order valence-corrected chi connectivity index (χ0v) is 15.0. The fourth-order valence-corrected chi connectivity index (χ4v) is 2.22. The number of hydrogen-bond acceptors (Lipinski definition) is 4. The van der Waals surface area contributed by atoms with E-state index in [2.05, 4.69) is 16.0 Å². The molecule has 142 valence electrons. The summed E-state index contributed by atoms with van der Waals surface area (Å²) in [7, 11) is 0. The minimum Gasteiger partial charge on any atom is -0.474 e. The summed E-state index contributed by atoms with van der Waals surface area (Å²) >= 11 is 0. The smallest absolute Gasteiger partial charge is 0.394 e. The summed E-state index contributed by atoms with van der Waals surface area (Å²) in [5.74, 6) is -3.13. The largest absolute Gasteiger partial charge is 0.474 e. The molecule has 1 atom stereocenters. The highest BCUT2D eigenvalue weighted by molar-refractivity contribution is 6.36. The van der Waals surface area contributed by atoms with E-state index < -0.39 is 17.9 Å². The van der Waals surface area contributed by atoms with E-state index in [-0.39, 0.29) is 18.2 Å². The van der Waals surface area contributed by atoms with Crippen LogP contribution in [0.25, 0.3) is 0 Å². The highest BCUT2D eigenvalue weighted by atomic mass is 16.4. The van der Waals surface area contributed by atoms with Gasteiger partial charge in [0.2, 0.25) is 11.8 Å². The van der Waals surface area contributed by atoms with Crippen molar-refractivity contribution in [1.29, 1.82) is 0 Å². The van der Waals surface area contributed by atoms with Crippen molar-refractivity contribution in [3.63, 3.8) is 0 Å². The van der Waals surface area contributed by atoms with Gasteiger partial charge in [-0.25, -0.2) is 4.79 Å². The lowest BCUT2D eigenvalue weighted by Gasteiger charge is -2.18. The molecular weight excluding hydrogens is 338 g/mol. The maximum Gasteiger partial charge on any atom is 0.394 e. The molecule has 1 aromatic carbocycles. The van der Waals surface area contributed by atoms with Gasteiger partial charge in [0.15, 0.2) is 0 Å². The zero-order valence-electron chi connectivity index (χ0n) is 15.0. The van der Waals surface area contributed by atoms with Gasteiger partial charge in [-0.15, -0.1) is 0 Å². The van der Waals surface area contributed by atoms with Gasteiger partial charge in [-0.2, -0.15) is 0 Å². The maximum atomic E-state index is 12.3. The van der Waals surface area contributed by atoms with Crippen molar-refractivity contribution >= 4 is 29.4 Å². The first-order valence-electron chi connectivity index (χ1n) is 8.57. The fraction of sp³-hybridized carbons (Fsp3) is 0.444. The van der Waals surface area contributed by atoms with E-state index in [0.717, 1.165) is 12.0 Å². The van der Waals surface area contributed by atoms with Gasteiger partial charge in [-0.3, -0.25) is 14.4 Å². The van der Waals surface area contributed by atoms with Crippen molar-refractivity contribution in [3.8, 4) is 0 Å². The Bertz CT molecular complexity index is 643. The number of benzene rings is 1. The Hall–Kier alpha value is -2.90. The molecule has 0 aliphatic carbocycles. The van der Waals surface area contributed by atoms with Crippen LogP contribution < -0.4 is 16.0 Å². The second-order valence-corrected chi connectivity index (χ2v) is 5.82. The van der Waals surface area contributed by atoms with Crippen molar-refractivity contribution in [2.24, 2.45) is 0 Å². The monoisotopic (exact) mass is 363 g/mol. The molecule has 0 bridgehead atoms. The van der Waals surface area contributed by atoms with Crippen molar-refractivity contribution in [1.82, 2.24) is 10.6 Å². The molecule has 1 aromatic rings. The molecule has 3 amide bonds. The molecule has 0 aromatic heterocycles.